The number of anilines is 1. The number of hydrogen-bond donors (Lipinski definition) is 0. The Balaban J connectivity index is 1.87. The molecule has 0 aromatic heterocycles. The maximum absolute atomic E-state index is 12.9. The average molecular weight is 338 g/mol. The Morgan fingerprint density at radius 2 is 1.92 bits per heavy atom. The molecule has 3 rings (SSSR count). The molecule has 5 nitrogen and oxygen atoms in total. The summed E-state index contributed by atoms with van der Waals surface area (Å²) in [7, 11) is 3.39. The molecule has 130 valence electrons. The lowest BCUT2D eigenvalue weighted by Crippen LogP contribution is -2.30. The second-order valence-electron chi connectivity index (χ2n) is 6.10. The molecular weight excluding hydrogens is 316 g/mol. The number of ether oxygens (including phenoxy) is 1. The van der Waals surface area contributed by atoms with Gasteiger partial charge < -0.3 is 14.5 Å². The van der Waals surface area contributed by atoms with Crippen molar-refractivity contribution < 1.29 is 14.3 Å². The van der Waals surface area contributed by atoms with Crippen molar-refractivity contribution in [1.82, 2.24) is 4.90 Å². The Kier molecular flexibility index (Phi) is 4.74. The van der Waals surface area contributed by atoms with Gasteiger partial charge >= 0.3 is 0 Å². The van der Waals surface area contributed by atoms with Crippen LogP contribution in [0.4, 0.5) is 5.69 Å². The van der Waals surface area contributed by atoms with E-state index >= 15 is 0 Å². The first-order valence-electron chi connectivity index (χ1n) is 8.39. The third-order valence-electron chi connectivity index (χ3n) is 4.60. The fourth-order valence-corrected chi connectivity index (χ4v) is 3.02. The zero-order valence-corrected chi connectivity index (χ0v) is 14.8. The summed E-state index contributed by atoms with van der Waals surface area (Å²) < 4.78 is 5.25. The molecule has 0 radical (unpaired) electrons. The SMILES string of the molecule is CCN(C)C(=O)c1cccc(C(=O)N2CCc3cc(OC)ccc32)c1. The second kappa shape index (κ2) is 6.97. The van der Waals surface area contributed by atoms with Gasteiger partial charge in [-0.2, -0.15) is 0 Å². The summed E-state index contributed by atoms with van der Waals surface area (Å²) in [5, 5.41) is 0. The van der Waals surface area contributed by atoms with E-state index in [0.717, 1.165) is 23.4 Å². The molecule has 0 unspecified atom stereocenters. The fraction of sp³-hybridized carbons (Fsp3) is 0.300. The molecule has 0 spiro atoms. The van der Waals surface area contributed by atoms with Crippen molar-refractivity contribution in [1.29, 1.82) is 0 Å². The Hall–Kier alpha value is -2.82. The van der Waals surface area contributed by atoms with Crippen molar-refractivity contribution in [3.05, 3.63) is 59.2 Å². The number of methoxy groups -OCH3 is 1. The first-order valence-corrected chi connectivity index (χ1v) is 8.39. The highest BCUT2D eigenvalue weighted by Crippen LogP contribution is 2.32. The van der Waals surface area contributed by atoms with Crippen LogP contribution in [0, 0.1) is 0 Å². The number of fused-ring (bicyclic) bond motifs is 1. The van der Waals surface area contributed by atoms with Gasteiger partial charge in [-0.25, -0.2) is 0 Å². The molecule has 0 saturated carbocycles. The van der Waals surface area contributed by atoms with Gasteiger partial charge in [-0.05, 0) is 55.3 Å². The van der Waals surface area contributed by atoms with Gasteiger partial charge in [0.15, 0.2) is 0 Å². The van der Waals surface area contributed by atoms with Gasteiger partial charge in [0.05, 0.1) is 7.11 Å². The Morgan fingerprint density at radius 3 is 2.64 bits per heavy atom. The fourth-order valence-electron chi connectivity index (χ4n) is 3.02. The van der Waals surface area contributed by atoms with Gasteiger partial charge in [-0.3, -0.25) is 9.59 Å². The molecule has 1 aliphatic heterocycles. The van der Waals surface area contributed by atoms with E-state index in [1.165, 1.54) is 0 Å². The number of carbonyl (C=O) groups excluding carboxylic acids is 2. The topological polar surface area (TPSA) is 49.9 Å². The highest BCUT2D eigenvalue weighted by atomic mass is 16.5. The molecule has 2 amide bonds. The van der Waals surface area contributed by atoms with Gasteiger partial charge in [0, 0.05) is 37.0 Å². The molecule has 0 bridgehead atoms. The summed E-state index contributed by atoms with van der Waals surface area (Å²) in [4.78, 5) is 28.7. The van der Waals surface area contributed by atoms with Crippen LogP contribution in [-0.2, 0) is 6.42 Å². The van der Waals surface area contributed by atoms with Crippen LogP contribution in [0.3, 0.4) is 0 Å². The molecule has 0 fully saturated rings. The number of amides is 2. The van der Waals surface area contributed by atoms with E-state index < -0.39 is 0 Å². The maximum atomic E-state index is 12.9. The van der Waals surface area contributed by atoms with Crippen molar-refractivity contribution in [2.24, 2.45) is 0 Å². The minimum absolute atomic E-state index is 0.0799. The number of rotatable bonds is 4. The summed E-state index contributed by atoms with van der Waals surface area (Å²) in [6.07, 6.45) is 0.801. The molecule has 5 heteroatoms. The van der Waals surface area contributed by atoms with E-state index in [9.17, 15) is 9.59 Å². The predicted octanol–water partition coefficient (Wildman–Crippen LogP) is 2.99. The normalized spacial score (nSPS) is 12.7. The van der Waals surface area contributed by atoms with Crippen molar-refractivity contribution >= 4 is 17.5 Å². The summed E-state index contributed by atoms with van der Waals surface area (Å²) in [5.41, 5.74) is 3.07. The largest absolute Gasteiger partial charge is 0.497 e. The number of carbonyl (C=O) groups is 2. The lowest BCUT2D eigenvalue weighted by molar-refractivity contribution is 0.0802. The van der Waals surface area contributed by atoms with Crippen molar-refractivity contribution in [3.8, 4) is 5.75 Å². The summed E-state index contributed by atoms with van der Waals surface area (Å²) in [6.45, 7) is 3.18. The van der Waals surface area contributed by atoms with Gasteiger partial charge in [0.25, 0.3) is 11.8 Å². The summed E-state index contributed by atoms with van der Waals surface area (Å²) in [5.74, 6) is 0.629. The molecule has 0 atom stereocenters. The molecule has 0 N–H and O–H groups in total. The maximum Gasteiger partial charge on any atom is 0.258 e. The highest BCUT2D eigenvalue weighted by Gasteiger charge is 2.26. The monoisotopic (exact) mass is 338 g/mol. The van der Waals surface area contributed by atoms with Crippen molar-refractivity contribution in [3.63, 3.8) is 0 Å². The van der Waals surface area contributed by atoms with E-state index in [-0.39, 0.29) is 11.8 Å². The smallest absolute Gasteiger partial charge is 0.258 e. The zero-order valence-electron chi connectivity index (χ0n) is 14.8. The van der Waals surface area contributed by atoms with Crippen LogP contribution in [0.1, 0.15) is 33.2 Å². The highest BCUT2D eigenvalue weighted by molar-refractivity contribution is 6.08. The Morgan fingerprint density at radius 1 is 1.16 bits per heavy atom. The second-order valence-corrected chi connectivity index (χ2v) is 6.10. The van der Waals surface area contributed by atoms with Crippen molar-refractivity contribution in [2.75, 3.05) is 32.1 Å². The van der Waals surface area contributed by atoms with Crippen LogP contribution in [0.2, 0.25) is 0 Å². The van der Waals surface area contributed by atoms with Crippen LogP contribution in [0.15, 0.2) is 42.5 Å². The molecule has 2 aromatic rings. The number of benzene rings is 2. The van der Waals surface area contributed by atoms with Gasteiger partial charge in [-0.1, -0.05) is 6.07 Å². The molecule has 25 heavy (non-hydrogen) atoms. The van der Waals surface area contributed by atoms with Crippen molar-refractivity contribution in [2.45, 2.75) is 13.3 Å². The average Bonchev–Trinajstić information content (AvgIpc) is 3.09. The lowest BCUT2D eigenvalue weighted by Gasteiger charge is -2.19. The van der Waals surface area contributed by atoms with Gasteiger partial charge in [0.1, 0.15) is 5.75 Å². The van der Waals surface area contributed by atoms with Crippen LogP contribution in [-0.4, -0.2) is 44.0 Å². The third-order valence-corrected chi connectivity index (χ3v) is 4.60. The van der Waals surface area contributed by atoms with Gasteiger partial charge in [0.2, 0.25) is 0 Å². The van der Waals surface area contributed by atoms with Crippen LogP contribution < -0.4 is 9.64 Å². The molecule has 1 heterocycles. The molecular formula is C20H22N2O3. The quantitative estimate of drug-likeness (QED) is 0.861. The standard InChI is InChI=1S/C20H22N2O3/c1-4-21(2)19(23)15-6-5-7-16(12-15)20(24)22-11-10-14-13-17(25-3)8-9-18(14)22/h5-9,12-13H,4,10-11H2,1-3H3. The van der Waals surface area contributed by atoms with E-state index in [2.05, 4.69) is 0 Å². The van der Waals surface area contributed by atoms with E-state index in [0.29, 0.717) is 24.2 Å². The van der Waals surface area contributed by atoms with Crippen LogP contribution in [0.5, 0.6) is 5.75 Å². The number of nitrogens with zero attached hydrogens (tertiary/aromatic N) is 2. The van der Waals surface area contributed by atoms with E-state index in [1.54, 1.807) is 48.2 Å². The first kappa shape index (κ1) is 17.0. The third kappa shape index (κ3) is 3.22. The first-order chi connectivity index (χ1) is 12.0. The van der Waals surface area contributed by atoms with Crippen LogP contribution in [0.25, 0.3) is 0 Å². The molecule has 2 aromatic carbocycles. The Labute approximate surface area is 147 Å². The van der Waals surface area contributed by atoms with Crippen LogP contribution >= 0.6 is 0 Å². The summed E-state index contributed by atoms with van der Waals surface area (Å²) in [6, 6.07) is 12.7. The Bertz CT molecular complexity index is 816. The van der Waals surface area contributed by atoms with E-state index in [4.69, 9.17) is 4.74 Å². The predicted molar refractivity (Wildman–Crippen MR) is 97.5 cm³/mol. The molecule has 0 saturated heterocycles. The van der Waals surface area contributed by atoms with E-state index in [1.807, 2.05) is 25.1 Å². The lowest BCUT2D eigenvalue weighted by atomic mass is 10.1. The molecule has 1 aliphatic rings. The number of hydrogen-bond acceptors (Lipinski definition) is 3. The van der Waals surface area contributed by atoms with Gasteiger partial charge in [-0.15, -0.1) is 0 Å². The summed E-state index contributed by atoms with van der Waals surface area (Å²) >= 11 is 0. The minimum Gasteiger partial charge on any atom is -0.497 e. The molecule has 0 aliphatic carbocycles. The minimum atomic E-state index is -0.0854. The zero-order chi connectivity index (χ0) is 18.0.